The van der Waals surface area contributed by atoms with Crippen LogP contribution >= 0.6 is 0 Å². The molecule has 9 heteroatoms. The van der Waals surface area contributed by atoms with Crippen LogP contribution < -0.4 is 5.11 Å². The van der Waals surface area contributed by atoms with E-state index in [1.54, 1.807) is 19.2 Å². The maximum atomic E-state index is 11.4. The van der Waals surface area contributed by atoms with Crippen LogP contribution in [0.15, 0.2) is 40.7 Å². The zero-order chi connectivity index (χ0) is 16.1. The maximum Gasteiger partial charge on any atom is 2.00 e. The molecule has 22 heavy (non-hydrogen) atoms. The molecule has 0 N–H and O–H groups in total. The van der Waals surface area contributed by atoms with E-state index >= 15 is 0 Å². The molecule has 0 aliphatic heterocycles. The molecule has 121 valence electrons. The van der Waals surface area contributed by atoms with Crippen molar-refractivity contribution < 1.29 is 31.7 Å². The summed E-state index contributed by atoms with van der Waals surface area (Å²) in [5.41, 5.74) is 14.2. The molecule has 0 aliphatic rings. The average molecular weight is 353 g/mol. The number of rotatable bonds is 5. The molecule has 0 spiro atoms. The molecule has 1 aromatic rings. The Balaban J connectivity index is 0. The number of nitrogens with zero attached hydrogens (tertiary/aromatic N) is 5. The van der Waals surface area contributed by atoms with Gasteiger partial charge in [-0.2, -0.15) is 0 Å². The SMILES string of the molecule is CCOC(=O)/C(C=NCc1ccccn1)=C(\C)[O-].[Cu+2].[N-]=[N+]=[N-]. The predicted molar refractivity (Wildman–Crippen MR) is 75.8 cm³/mol. The molecule has 0 amide bonds. The minimum atomic E-state index is -0.644. The first-order valence-electron chi connectivity index (χ1n) is 6.00. The zero-order valence-electron chi connectivity index (χ0n) is 12.1. The first kappa shape index (κ1) is 21.9. The smallest absolute Gasteiger partial charge is 0.875 e. The predicted octanol–water partition coefficient (Wildman–Crippen LogP) is 1.71. The first-order valence-corrected chi connectivity index (χ1v) is 6.00. The van der Waals surface area contributed by atoms with Crippen LogP contribution in [-0.4, -0.2) is 23.8 Å². The zero-order valence-corrected chi connectivity index (χ0v) is 13.0. The summed E-state index contributed by atoms with van der Waals surface area (Å²) >= 11 is 0. The van der Waals surface area contributed by atoms with E-state index in [1.165, 1.54) is 18.1 Å². The summed E-state index contributed by atoms with van der Waals surface area (Å²) in [7, 11) is 0. The van der Waals surface area contributed by atoms with Gasteiger partial charge in [0.2, 0.25) is 0 Å². The minimum absolute atomic E-state index is 0. The van der Waals surface area contributed by atoms with E-state index in [0.29, 0.717) is 6.54 Å². The van der Waals surface area contributed by atoms with Crippen LogP contribution in [0, 0.1) is 0 Å². The van der Waals surface area contributed by atoms with Crippen LogP contribution in [0.4, 0.5) is 0 Å². The molecule has 0 saturated carbocycles. The Morgan fingerprint density at radius 1 is 1.50 bits per heavy atom. The van der Waals surface area contributed by atoms with E-state index in [1.807, 2.05) is 12.1 Å². The van der Waals surface area contributed by atoms with Gasteiger partial charge in [0.05, 0.1) is 24.4 Å². The van der Waals surface area contributed by atoms with E-state index < -0.39 is 5.97 Å². The van der Waals surface area contributed by atoms with Crippen LogP contribution in [0.25, 0.3) is 16.0 Å². The second kappa shape index (κ2) is 13.6. The Morgan fingerprint density at radius 3 is 2.59 bits per heavy atom. The number of aromatic nitrogens is 1. The summed E-state index contributed by atoms with van der Waals surface area (Å²) in [6, 6.07) is 5.47. The summed E-state index contributed by atoms with van der Waals surface area (Å²) in [6.07, 6.45) is 2.90. The van der Waals surface area contributed by atoms with Crippen molar-refractivity contribution in [1.82, 2.24) is 4.98 Å². The molecule has 0 unspecified atom stereocenters. The third-order valence-electron chi connectivity index (χ3n) is 2.07. The Bertz CT molecular complexity index is 536. The fourth-order valence-corrected chi connectivity index (χ4v) is 1.22. The van der Waals surface area contributed by atoms with Gasteiger partial charge in [-0.25, -0.2) is 4.79 Å². The van der Waals surface area contributed by atoms with E-state index in [0.717, 1.165) is 5.69 Å². The standard InChI is InChI=1S/C13H16N2O3.Cu.N3/c1-3-18-13(17)12(10(2)16)9-14-8-11-6-4-5-7-15-11;;1-3-2/h4-7,9,16H,3,8H2,1-2H3;;/q;+2;-1/p-1/b12-10+,14-9?;;. The molecule has 1 aromatic heterocycles. The summed E-state index contributed by atoms with van der Waals surface area (Å²) in [6.45, 7) is 3.53. The number of carbonyl (C=O) groups is 1. The van der Waals surface area contributed by atoms with Crippen molar-refractivity contribution in [2.45, 2.75) is 20.4 Å². The van der Waals surface area contributed by atoms with Crippen molar-refractivity contribution in [2.75, 3.05) is 6.61 Å². The van der Waals surface area contributed by atoms with Gasteiger partial charge >= 0.3 is 23.0 Å². The van der Waals surface area contributed by atoms with Gasteiger partial charge in [0.25, 0.3) is 0 Å². The van der Waals surface area contributed by atoms with Gasteiger partial charge in [0.15, 0.2) is 0 Å². The second-order valence-electron chi connectivity index (χ2n) is 3.57. The van der Waals surface area contributed by atoms with E-state index in [4.69, 9.17) is 15.8 Å². The molecule has 1 rings (SSSR count). The Labute approximate surface area is 138 Å². The third-order valence-corrected chi connectivity index (χ3v) is 2.07. The number of allylic oxidation sites excluding steroid dienone is 1. The molecule has 0 saturated heterocycles. The Morgan fingerprint density at radius 2 is 2.14 bits per heavy atom. The quantitative estimate of drug-likeness (QED) is 0.116. The van der Waals surface area contributed by atoms with E-state index in [9.17, 15) is 9.90 Å². The topological polar surface area (TPSA) is 133 Å². The number of aliphatic imine (C=N–C) groups is 1. The van der Waals surface area contributed by atoms with Gasteiger partial charge < -0.3 is 20.9 Å². The number of hydrogen-bond acceptors (Lipinski definition) is 5. The van der Waals surface area contributed by atoms with Crippen molar-refractivity contribution in [1.29, 1.82) is 0 Å². The van der Waals surface area contributed by atoms with Crippen molar-refractivity contribution in [3.63, 3.8) is 0 Å². The van der Waals surface area contributed by atoms with Crippen LogP contribution in [0.1, 0.15) is 19.5 Å². The van der Waals surface area contributed by atoms with Gasteiger partial charge in [-0.15, -0.1) is 5.76 Å². The fraction of sp³-hybridized carbons (Fsp3) is 0.308. The number of pyridine rings is 1. The monoisotopic (exact) mass is 352 g/mol. The van der Waals surface area contributed by atoms with Gasteiger partial charge in [0.1, 0.15) is 0 Å². The Hall–Kier alpha value is -2.34. The van der Waals surface area contributed by atoms with Gasteiger partial charge in [-0.3, -0.25) is 14.9 Å². The molecular weight excluding hydrogens is 338 g/mol. The number of ether oxygens (including phenoxy) is 1. The maximum absolute atomic E-state index is 11.4. The van der Waals surface area contributed by atoms with Gasteiger partial charge in [-0.05, 0) is 19.1 Å². The normalized spacial score (nSPS) is 10.5. The van der Waals surface area contributed by atoms with Crippen LogP contribution in [-0.2, 0) is 33.1 Å². The van der Waals surface area contributed by atoms with Crippen molar-refractivity contribution in [3.8, 4) is 0 Å². The number of esters is 1. The summed E-state index contributed by atoms with van der Waals surface area (Å²) in [5.74, 6) is -1.01. The largest absolute Gasteiger partial charge is 2.00 e. The first-order chi connectivity index (χ1) is 10.1. The second-order valence-corrected chi connectivity index (χ2v) is 3.57. The van der Waals surface area contributed by atoms with E-state index in [2.05, 4.69) is 9.98 Å². The van der Waals surface area contributed by atoms with Crippen molar-refractivity contribution in [3.05, 3.63) is 57.4 Å². The molecule has 0 atom stereocenters. The summed E-state index contributed by atoms with van der Waals surface area (Å²) in [4.78, 5) is 21.0. The fourth-order valence-electron chi connectivity index (χ4n) is 1.22. The average Bonchev–Trinajstić information content (AvgIpc) is 2.45. The molecule has 8 nitrogen and oxygen atoms in total. The van der Waals surface area contributed by atoms with Crippen LogP contribution in [0.3, 0.4) is 0 Å². The van der Waals surface area contributed by atoms with Crippen LogP contribution in [0.2, 0.25) is 0 Å². The Kier molecular flexibility index (Phi) is 13.6. The number of carbonyl (C=O) groups excluding carboxylic acids is 1. The van der Waals surface area contributed by atoms with Crippen LogP contribution in [0.5, 0.6) is 0 Å². The molecule has 1 radical (unpaired) electrons. The summed E-state index contributed by atoms with van der Waals surface area (Å²) in [5, 5.41) is 11.3. The molecule has 0 bridgehead atoms. The molecule has 0 aromatic carbocycles. The van der Waals surface area contributed by atoms with Gasteiger partial charge in [-0.1, -0.05) is 13.0 Å². The third kappa shape index (κ3) is 9.55. The molecule has 0 aliphatic carbocycles. The number of hydrogen-bond donors (Lipinski definition) is 0. The molecule has 0 fully saturated rings. The summed E-state index contributed by atoms with van der Waals surface area (Å²) < 4.78 is 4.76. The minimum Gasteiger partial charge on any atom is -0.875 e. The molecule has 1 heterocycles. The van der Waals surface area contributed by atoms with Crippen molar-refractivity contribution >= 4 is 12.2 Å². The van der Waals surface area contributed by atoms with E-state index in [-0.39, 0.29) is 35.0 Å². The van der Waals surface area contributed by atoms with Gasteiger partial charge in [0, 0.05) is 12.4 Å². The van der Waals surface area contributed by atoms with Crippen molar-refractivity contribution in [2.24, 2.45) is 4.99 Å². The molecular formula is C13H15CuN5O3.